The van der Waals surface area contributed by atoms with Gasteiger partial charge < -0.3 is 5.11 Å². The molecule has 0 rings (SSSR count). The molecule has 72 valence electrons. The zero-order chi connectivity index (χ0) is 9.61. The van der Waals surface area contributed by atoms with Crippen molar-refractivity contribution in [3.05, 3.63) is 12.2 Å². The summed E-state index contributed by atoms with van der Waals surface area (Å²) in [4.78, 5) is 0. The van der Waals surface area contributed by atoms with Gasteiger partial charge in [-0.25, -0.2) is 0 Å². The van der Waals surface area contributed by atoms with Gasteiger partial charge in [0.05, 0.1) is 5.60 Å². The summed E-state index contributed by atoms with van der Waals surface area (Å²) in [5.74, 6) is 0.391. The third kappa shape index (κ3) is 5.36. The topological polar surface area (TPSA) is 20.2 Å². The van der Waals surface area contributed by atoms with Gasteiger partial charge in [0.2, 0.25) is 0 Å². The molecule has 0 spiro atoms. The van der Waals surface area contributed by atoms with E-state index in [1.165, 1.54) is 6.42 Å². The molecular weight excluding hydrogens is 148 g/mol. The molecule has 0 aromatic rings. The minimum atomic E-state index is -0.518. The molecule has 0 aliphatic carbocycles. The number of aliphatic hydroxyl groups is 1. The standard InChI is InChI=1S/C11H22O/c1-5-6-7-8-9-10(2)11(3,4)12/h5-6,10,12H,7-9H2,1-4H3/b6-5+. The number of hydrogen-bond donors (Lipinski definition) is 1. The summed E-state index contributed by atoms with van der Waals surface area (Å²) in [6, 6.07) is 0. The molecule has 0 radical (unpaired) electrons. The van der Waals surface area contributed by atoms with E-state index < -0.39 is 5.60 Å². The Bertz CT molecular complexity index is 130. The van der Waals surface area contributed by atoms with E-state index in [9.17, 15) is 5.11 Å². The van der Waals surface area contributed by atoms with Crippen molar-refractivity contribution in [1.29, 1.82) is 0 Å². The Morgan fingerprint density at radius 3 is 2.42 bits per heavy atom. The van der Waals surface area contributed by atoms with Gasteiger partial charge in [-0.2, -0.15) is 0 Å². The van der Waals surface area contributed by atoms with Crippen LogP contribution in [0, 0.1) is 5.92 Å². The van der Waals surface area contributed by atoms with Crippen LogP contribution in [0.1, 0.15) is 47.0 Å². The smallest absolute Gasteiger partial charge is 0.0617 e. The normalized spacial score (nSPS) is 15.4. The second-order valence-electron chi connectivity index (χ2n) is 4.05. The summed E-state index contributed by atoms with van der Waals surface area (Å²) in [6.07, 6.45) is 7.67. The monoisotopic (exact) mass is 170 g/mol. The molecule has 0 heterocycles. The first-order chi connectivity index (χ1) is 5.48. The van der Waals surface area contributed by atoms with Crippen molar-refractivity contribution in [2.75, 3.05) is 0 Å². The minimum Gasteiger partial charge on any atom is -0.390 e. The van der Waals surface area contributed by atoms with Gasteiger partial charge in [0.25, 0.3) is 0 Å². The maximum Gasteiger partial charge on any atom is 0.0617 e. The fourth-order valence-corrected chi connectivity index (χ4v) is 1.06. The molecule has 1 heteroatoms. The third-order valence-electron chi connectivity index (χ3n) is 2.45. The minimum absolute atomic E-state index is 0.391. The van der Waals surface area contributed by atoms with Gasteiger partial charge in [0.1, 0.15) is 0 Å². The summed E-state index contributed by atoms with van der Waals surface area (Å²) in [6.45, 7) is 7.91. The molecule has 0 aromatic heterocycles. The van der Waals surface area contributed by atoms with Gasteiger partial charge in [-0.05, 0) is 46.0 Å². The highest BCUT2D eigenvalue weighted by Gasteiger charge is 2.20. The first-order valence-corrected chi connectivity index (χ1v) is 4.82. The Morgan fingerprint density at radius 1 is 1.42 bits per heavy atom. The van der Waals surface area contributed by atoms with Crippen LogP contribution in [0.15, 0.2) is 12.2 Å². The molecule has 0 bridgehead atoms. The Hall–Kier alpha value is -0.300. The van der Waals surface area contributed by atoms with Crippen LogP contribution >= 0.6 is 0 Å². The predicted octanol–water partition coefficient (Wildman–Crippen LogP) is 3.14. The lowest BCUT2D eigenvalue weighted by Gasteiger charge is -2.25. The molecular formula is C11H22O. The van der Waals surface area contributed by atoms with E-state index in [4.69, 9.17) is 0 Å². The van der Waals surface area contributed by atoms with E-state index in [1.54, 1.807) is 0 Å². The lowest BCUT2D eigenvalue weighted by molar-refractivity contribution is 0.0207. The molecule has 1 nitrogen and oxygen atoms in total. The van der Waals surface area contributed by atoms with Crippen LogP contribution in [0.4, 0.5) is 0 Å². The second kappa shape index (κ2) is 5.36. The fourth-order valence-electron chi connectivity index (χ4n) is 1.06. The van der Waals surface area contributed by atoms with Gasteiger partial charge in [-0.1, -0.05) is 19.1 Å². The number of unbranched alkanes of at least 4 members (excludes halogenated alkanes) is 1. The Kier molecular flexibility index (Phi) is 5.23. The lowest BCUT2D eigenvalue weighted by Crippen LogP contribution is -2.28. The Balaban J connectivity index is 3.51. The molecule has 1 N–H and O–H groups in total. The average Bonchev–Trinajstić information content (AvgIpc) is 1.96. The molecule has 1 unspecified atom stereocenters. The van der Waals surface area contributed by atoms with Crippen molar-refractivity contribution in [2.45, 2.75) is 52.6 Å². The summed E-state index contributed by atoms with van der Waals surface area (Å²) >= 11 is 0. The largest absolute Gasteiger partial charge is 0.390 e. The first-order valence-electron chi connectivity index (χ1n) is 4.82. The molecule has 12 heavy (non-hydrogen) atoms. The summed E-state index contributed by atoms with van der Waals surface area (Å²) in [5, 5.41) is 9.62. The molecule has 0 fully saturated rings. The molecule has 0 aromatic carbocycles. The van der Waals surface area contributed by atoms with Crippen LogP contribution < -0.4 is 0 Å². The van der Waals surface area contributed by atoms with Crippen LogP contribution in [-0.2, 0) is 0 Å². The highest BCUT2D eigenvalue weighted by atomic mass is 16.3. The van der Waals surface area contributed by atoms with E-state index in [1.807, 2.05) is 20.8 Å². The van der Waals surface area contributed by atoms with E-state index in [2.05, 4.69) is 19.1 Å². The predicted molar refractivity (Wildman–Crippen MR) is 54.1 cm³/mol. The van der Waals surface area contributed by atoms with Crippen LogP contribution in [0.25, 0.3) is 0 Å². The summed E-state index contributed by atoms with van der Waals surface area (Å²) < 4.78 is 0. The lowest BCUT2D eigenvalue weighted by atomic mass is 9.88. The maximum absolute atomic E-state index is 9.62. The van der Waals surface area contributed by atoms with Crippen LogP contribution in [0.5, 0.6) is 0 Å². The van der Waals surface area contributed by atoms with Gasteiger partial charge in [0, 0.05) is 0 Å². The van der Waals surface area contributed by atoms with E-state index in [0.717, 1.165) is 12.8 Å². The maximum atomic E-state index is 9.62. The Labute approximate surface area is 76.5 Å². The third-order valence-corrected chi connectivity index (χ3v) is 2.45. The highest BCUT2D eigenvalue weighted by molar-refractivity contribution is 4.78. The van der Waals surface area contributed by atoms with Crippen LogP contribution in [0.3, 0.4) is 0 Å². The van der Waals surface area contributed by atoms with Crippen molar-refractivity contribution in [1.82, 2.24) is 0 Å². The van der Waals surface area contributed by atoms with Gasteiger partial charge >= 0.3 is 0 Å². The molecule has 0 aliphatic heterocycles. The zero-order valence-electron chi connectivity index (χ0n) is 8.80. The van der Waals surface area contributed by atoms with Gasteiger partial charge in [0.15, 0.2) is 0 Å². The van der Waals surface area contributed by atoms with Crippen LogP contribution in [-0.4, -0.2) is 10.7 Å². The Morgan fingerprint density at radius 2 is 2.00 bits per heavy atom. The average molecular weight is 170 g/mol. The second-order valence-corrected chi connectivity index (χ2v) is 4.05. The van der Waals surface area contributed by atoms with Crippen molar-refractivity contribution in [3.8, 4) is 0 Å². The fraction of sp³-hybridized carbons (Fsp3) is 0.818. The molecule has 0 amide bonds. The van der Waals surface area contributed by atoms with E-state index in [0.29, 0.717) is 5.92 Å². The number of allylic oxidation sites excluding steroid dienone is 2. The molecule has 0 aliphatic rings. The number of rotatable bonds is 5. The first kappa shape index (κ1) is 11.7. The molecule has 0 saturated carbocycles. The van der Waals surface area contributed by atoms with Crippen molar-refractivity contribution < 1.29 is 5.11 Å². The van der Waals surface area contributed by atoms with Gasteiger partial charge in [-0.15, -0.1) is 0 Å². The van der Waals surface area contributed by atoms with Crippen molar-refractivity contribution in [3.63, 3.8) is 0 Å². The SMILES string of the molecule is C/C=C/CCCC(C)C(C)(C)O. The van der Waals surface area contributed by atoms with Crippen molar-refractivity contribution >= 4 is 0 Å². The summed E-state index contributed by atoms with van der Waals surface area (Å²) in [5.41, 5.74) is -0.518. The quantitative estimate of drug-likeness (QED) is 0.496. The van der Waals surface area contributed by atoms with E-state index >= 15 is 0 Å². The highest BCUT2D eigenvalue weighted by Crippen LogP contribution is 2.21. The summed E-state index contributed by atoms with van der Waals surface area (Å²) in [7, 11) is 0. The number of hydrogen-bond acceptors (Lipinski definition) is 1. The van der Waals surface area contributed by atoms with Crippen molar-refractivity contribution in [2.24, 2.45) is 5.92 Å². The molecule has 1 atom stereocenters. The van der Waals surface area contributed by atoms with Gasteiger partial charge in [-0.3, -0.25) is 0 Å². The van der Waals surface area contributed by atoms with E-state index in [-0.39, 0.29) is 0 Å². The zero-order valence-corrected chi connectivity index (χ0v) is 8.80. The van der Waals surface area contributed by atoms with Crippen LogP contribution in [0.2, 0.25) is 0 Å². The molecule has 0 saturated heterocycles.